The van der Waals surface area contributed by atoms with Gasteiger partial charge in [-0.1, -0.05) is 29.8 Å². The number of rotatable bonds is 6. The molecule has 0 aliphatic heterocycles. The summed E-state index contributed by atoms with van der Waals surface area (Å²) in [5, 5.41) is 0. The summed E-state index contributed by atoms with van der Waals surface area (Å²) < 4.78 is 28.0. The molecule has 0 amide bonds. The number of hydrogen-bond acceptors (Lipinski definition) is 3. The zero-order valence-electron chi connectivity index (χ0n) is 11.5. The van der Waals surface area contributed by atoms with E-state index < -0.39 is 15.6 Å². The highest BCUT2D eigenvalue weighted by molar-refractivity contribution is 9.10. The Labute approximate surface area is 124 Å². The Morgan fingerprint density at radius 3 is 2.37 bits per heavy atom. The molecule has 0 bridgehead atoms. The van der Waals surface area contributed by atoms with E-state index in [1.54, 1.807) is 25.1 Å². The van der Waals surface area contributed by atoms with Gasteiger partial charge in [0.15, 0.2) is 0 Å². The lowest BCUT2D eigenvalue weighted by Crippen LogP contribution is -2.49. The summed E-state index contributed by atoms with van der Waals surface area (Å²) in [5.74, 6) is 0. The topological polar surface area (TPSA) is 72.2 Å². The maximum absolute atomic E-state index is 12.3. The predicted molar refractivity (Wildman–Crippen MR) is 81.6 cm³/mol. The predicted octanol–water partition coefficient (Wildman–Crippen LogP) is 2.55. The van der Waals surface area contributed by atoms with Gasteiger partial charge in [0.25, 0.3) is 0 Å². The first-order valence-electron chi connectivity index (χ1n) is 6.29. The average molecular weight is 349 g/mol. The first kappa shape index (κ1) is 16.6. The lowest BCUT2D eigenvalue weighted by atomic mass is 9.95. The number of benzene rings is 1. The Kier molecular flexibility index (Phi) is 5.55. The van der Waals surface area contributed by atoms with E-state index in [1.165, 1.54) is 0 Å². The summed E-state index contributed by atoms with van der Waals surface area (Å²) in [4.78, 5) is 0.297. The quantitative estimate of drug-likeness (QED) is 0.829. The molecule has 0 fully saturated rings. The van der Waals surface area contributed by atoms with Gasteiger partial charge in [-0.3, -0.25) is 0 Å². The molecule has 0 aromatic heterocycles. The first-order chi connectivity index (χ1) is 8.74. The van der Waals surface area contributed by atoms with Crippen molar-refractivity contribution in [2.24, 2.45) is 5.73 Å². The van der Waals surface area contributed by atoms with Crippen LogP contribution in [0, 0.1) is 6.92 Å². The van der Waals surface area contributed by atoms with Gasteiger partial charge in [-0.25, -0.2) is 13.1 Å². The van der Waals surface area contributed by atoms with Gasteiger partial charge in [0, 0.05) is 16.6 Å². The Morgan fingerprint density at radius 1 is 1.32 bits per heavy atom. The second-order valence-electron chi connectivity index (χ2n) is 4.80. The number of nitrogens with one attached hydrogen (secondary N) is 1. The van der Waals surface area contributed by atoms with Crippen molar-refractivity contribution in [2.75, 3.05) is 6.54 Å². The summed E-state index contributed by atoms with van der Waals surface area (Å²) in [7, 11) is -3.51. The van der Waals surface area contributed by atoms with Crippen LogP contribution in [0.5, 0.6) is 0 Å². The molecule has 0 atom stereocenters. The van der Waals surface area contributed by atoms with E-state index in [2.05, 4.69) is 20.7 Å². The van der Waals surface area contributed by atoms with Gasteiger partial charge in [0.2, 0.25) is 10.0 Å². The van der Waals surface area contributed by atoms with Gasteiger partial charge in [0.05, 0.1) is 4.90 Å². The zero-order valence-corrected chi connectivity index (χ0v) is 13.9. The molecule has 0 heterocycles. The molecule has 0 aliphatic carbocycles. The van der Waals surface area contributed by atoms with Crippen LogP contribution in [0.15, 0.2) is 27.6 Å². The number of halogens is 1. The van der Waals surface area contributed by atoms with Crippen molar-refractivity contribution < 1.29 is 8.42 Å². The molecule has 6 heteroatoms. The van der Waals surface area contributed by atoms with Crippen LogP contribution in [0.1, 0.15) is 32.3 Å². The van der Waals surface area contributed by atoms with Crippen LogP contribution < -0.4 is 10.5 Å². The molecule has 3 N–H and O–H groups in total. The highest BCUT2D eigenvalue weighted by Crippen LogP contribution is 2.20. The van der Waals surface area contributed by atoms with E-state index in [0.717, 1.165) is 17.3 Å². The van der Waals surface area contributed by atoms with E-state index >= 15 is 0 Å². The van der Waals surface area contributed by atoms with Crippen LogP contribution >= 0.6 is 15.9 Å². The number of sulfonamides is 1. The Balaban J connectivity index is 2.93. The number of hydrogen-bond donors (Lipinski definition) is 2. The Bertz CT molecular complexity index is 540. The fourth-order valence-electron chi connectivity index (χ4n) is 1.73. The summed E-state index contributed by atoms with van der Waals surface area (Å²) in [6.07, 6.45) is 1.46. The van der Waals surface area contributed by atoms with Gasteiger partial charge in [-0.15, -0.1) is 0 Å². The molecule has 1 aromatic carbocycles. The smallest absolute Gasteiger partial charge is 0.240 e. The van der Waals surface area contributed by atoms with Crippen LogP contribution in [-0.2, 0) is 10.0 Å². The molecule has 4 nitrogen and oxygen atoms in total. The molecule has 19 heavy (non-hydrogen) atoms. The van der Waals surface area contributed by atoms with Crippen LogP contribution in [0.2, 0.25) is 0 Å². The molecule has 1 rings (SSSR count). The lowest BCUT2D eigenvalue weighted by molar-refractivity contribution is 0.391. The van der Waals surface area contributed by atoms with Crippen molar-refractivity contribution in [3.63, 3.8) is 0 Å². The van der Waals surface area contributed by atoms with Gasteiger partial charge in [-0.2, -0.15) is 0 Å². The summed E-state index contributed by atoms with van der Waals surface area (Å²) in [6.45, 7) is 5.94. The lowest BCUT2D eigenvalue weighted by Gasteiger charge is -2.26. The molecule has 0 saturated carbocycles. The zero-order chi connectivity index (χ0) is 14.7. The molecule has 0 unspecified atom stereocenters. The first-order valence-corrected chi connectivity index (χ1v) is 8.56. The van der Waals surface area contributed by atoms with Crippen molar-refractivity contribution in [1.29, 1.82) is 0 Å². The second kappa shape index (κ2) is 6.35. The Hall–Kier alpha value is -0.430. The van der Waals surface area contributed by atoms with E-state index in [4.69, 9.17) is 5.73 Å². The fraction of sp³-hybridized carbons (Fsp3) is 0.538. The SMILES string of the molecule is CCC(N)(CC)CNS(=O)(=O)c1ccc(Br)cc1C. The maximum atomic E-state index is 12.3. The molecular weight excluding hydrogens is 328 g/mol. The van der Waals surface area contributed by atoms with E-state index in [-0.39, 0.29) is 6.54 Å². The van der Waals surface area contributed by atoms with Crippen molar-refractivity contribution in [2.45, 2.75) is 44.0 Å². The van der Waals surface area contributed by atoms with Gasteiger partial charge >= 0.3 is 0 Å². The highest BCUT2D eigenvalue weighted by atomic mass is 79.9. The fourth-order valence-corrected chi connectivity index (χ4v) is 3.57. The third kappa shape index (κ3) is 4.27. The van der Waals surface area contributed by atoms with Crippen molar-refractivity contribution in [3.8, 4) is 0 Å². The minimum Gasteiger partial charge on any atom is -0.324 e. The molecule has 0 radical (unpaired) electrons. The molecule has 108 valence electrons. The van der Waals surface area contributed by atoms with Crippen LogP contribution in [0.4, 0.5) is 0 Å². The summed E-state index contributed by atoms with van der Waals surface area (Å²) >= 11 is 3.32. The molecular formula is C13H21BrN2O2S. The summed E-state index contributed by atoms with van der Waals surface area (Å²) in [6, 6.07) is 5.10. The Morgan fingerprint density at radius 2 is 1.89 bits per heavy atom. The maximum Gasteiger partial charge on any atom is 0.240 e. The third-order valence-electron chi connectivity index (χ3n) is 3.45. The van der Waals surface area contributed by atoms with Gasteiger partial charge < -0.3 is 5.73 Å². The minimum absolute atomic E-state index is 0.248. The number of aryl methyl sites for hydroxylation is 1. The number of nitrogens with two attached hydrogens (primary N) is 1. The van der Waals surface area contributed by atoms with E-state index in [0.29, 0.717) is 10.5 Å². The minimum atomic E-state index is -3.51. The molecule has 1 aromatic rings. The van der Waals surface area contributed by atoms with Gasteiger partial charge in [0.1, 0.15) is 0 Å². The largest absolute Gasteiger partial charge is 0.324 e. The van der Waals surface area contributed by atoms with Gasteiger partial charge in [-0.05, 0) is 43.5 Å². The van der Waals surface area contributed by atoms with Crippen LogP contribution in [0.3, 0.4) is 0 Å². The van der Waals surface area contributed by atoms with Crippen LogP contribution in [0.25, 0.3) is 0 Å². The third-order valence-corrected chi connectivity index (χ3v) is 5.50. The van der Waals surface area contributed by atoms with Crippen molar-refractivity contribution in [3.05, 3.63) is 28.2 Å². The van der Waals surface area contributed by atoms with Crippen molar-refractivity contribution >= 4 is 26.0 Å². The monoisotopic (exact) mass is 348 g/mol. The van der Waals surface area contributed by atoms with Crippen LogP contribution in [-0.4, -0.2) is 20.5 Å². The standard InChI is InChI=1S/C13H21BrN2O2S/c1-4-13(15,5-2)9-16-19(17,18)12-7-6-11(14)8-10(12)3/h6-8,16H,4-5,9,15H2,1-3H3. The van der Waals surface area contributed by atoms with E-state index in [9.17, 15) is 8.42 Å². The molecule has 0 saturated heterocycles. The summed E-state index contributed by atoms with van der Waals surface area (Å²) in [5.41, 5.74) is 6.33. The van der Waals surface area contributed by atoms with E-state index in [1.807, 2.05) is 13.8 Å². The highest BCUT2D eigenvalue weighted by Gasteiger charge is 2.24. The normalized spacial score (nSPS) is 12.7. The van der Waals surface area contributed by atoms with Crippen molar-refractivity contribution in [1.82, 2.24) is 4.72 Å². The second-order valence-corrected chi connectivity index (χ2v) is 7.45. The molecule has 0 spiro atoms. The molecule has 0 aliphatic rings. The average Bonchev–Trinajstić information content (AvgIpc) is 2.35.